The Morgan fingerprint density at radius 2 is 1.52 bits per heavy atom. The molecule has 3 aromatic rings. The summed E-state index contributed by atoms with van der Waals surface area (Å²) in [6.45, 7) is 1.88. The molecule has 136 valence electrons. The predicted octanol–water partition coefficient (Wildman–Crippen LogP) is 2.76. The van der Waals surface area contributed by atoms with Gasteiger partial charge in [0.05, 0.1) is 0 Å². The van der Waals surface area contributed by atoms with E-state index in [-0.39, 0.29) is 11.5 Å². The van der Waals surface area contributed by atoms with Crippen LogP contribution in [-0.4, -0.2) is 23.4 Å². The number of nitrogens with one attached hydrogen (secondary N) is 2. The molecule has 0 aliphatic heterocycles. The number of carbonyl (C=O) groups excluding carboxylic acids is 2. The Kier molecular flexibility index (Phi) is 5.17. The summed E-state index contributed by atoms with van der Waals surface area (Å²) >= 11 is 0. The molecule has 0 radical (unpaired) electrons. The first-order valence-corrected chi connectivity index (χ1v) is 8.42. The molecule has 2 aromatic carbocycles. The van der Waals surface area contributed by atoms with Crippen molar-refractivity contribution in [3.8, 4) is 5.69 Å². The number of nitrogens with zero attached hydrogens (tertiary/aromatic N) is 1. The lowest BCUT2D eigenvalue weighted by Crippen LogP contribution is -2.30. The summed E-state index contributed by atoms with van der Waals surface area (Å²) in [5.74, 6) is -0.629. The number of pyridine rings is 1. The number of aryl methyl sites for hydroxylation is 1. The fourth-order valence-electron chi connectivity index (χ4n) is 2.74. The summed E-state index contributed by atoms with van der Waals surface area (Å²) in [7, 11) is 1.48. The lowest BCUT2D eigenvalue weighted by atomic mass is 10.1. The van der Waals surface area contributed by atoms with Crippen LogP contribution in [0.1, 0.15) is 26.3 Å². The number of rotatable bonds is 4. The first-order valence-electron chi connectivity index (χ1n) is 8.42. The molecule has 0 saturated heterocycles. The van der Waals surface area contributed by atoms with Crippen molar-refractivity contribution >= 4 is 17.5 Å². The third kappa shape index (κ3) is 3.79. The van der Waals surface area contributed by atoms with Crippen LogP contribution in [0.5, 0.6) is 0 Å². The molecular weight excluding hydrogens is 342 g/mol. The van der Waals surface area contributed by atoms with Gasteiger partial charge in [0.25, 0.3) is 17.4 Å². The first kappa shape index (κ1) is 18.1. The molecule has 1 aromatic heterocycles. The van der Waals surface area contributed by atoms with Crippen molar-refractivity contribution in [3.63, 3.8) is 0 Å². The SMILES string of the molecule is CNC(=O)c1cccn(-c2ccc(NC(=O)c3ccccc3C)cc2)c1=O. The lowest BCUT2D eigenvalue weighted by molar-refractivity contribution is 0.0960. The van der Waals surface area contributed by atoms with Gasteiger partial charge < -0.3 is 10.6 Å². The van der Waals surface area contributed by atoms with E-state index in [1.165, 1.54) is 17.7 Å². The number of amides is 2. The molecule has 6 nitrogen and oxygen atoms in total. The molecule has 2 N–H and O–H groups in total. The maximum Gasteiger partial charge on any atom is 0.267 e. The van der Waals surface area contributed by atoms with E-state index in [2.05, 4.69) is 10.6 Å². The normalized spacial score (nSPS) is 10.3. The molecule has 6 heteroatoms. The predicted molar refractivity (Wildman–Crippen MR) is 105 cm³/mol. The molecule has 0 aliphatic carbocycles. The number of benzene rings is 2. The van der Waals surface area contributed by atoms with Crippen molar-refractivity contribution in [2.24, 2.45) is 0 Å². The Morgan fingerprint density at radius 1 is 0.852 bits per heavy atom. The fourth-order valence-corrected chi connectivity index (χ4v) is 2.74. The summed E-state index contributed by atoms with van der Waals surface area (Å²) in [6, 6.07) is 17.3. The third-order valence-corrected chi connectivity index (χ3v) is 4.21. The molecule has 0 atom stereocenters. The lowest BCUT2D eigenvalue weighted by Gasteiger charge is -2.10. The average molecular weight is 361 g/mol. The van der Waals surface area contributed by atoms with E-state index >= 15 is 0 Å². The van der Waals surface area contributed by atoms with Gasteiger partial charge in [0, 0.05) is 30.2 Å². The van der Waals surface area contributed by atoms with Crippen molar-refractivity contribution < 1.29 is 9.59 Å². The standard InChI is InChI=1S/C21H19N3O3/c1-14-6-3-4-7-17(14)20(26)23-15-9-11-16(12-10-15)24-13-5-8-18(21(24)27)19(25)22-2/h3-13H,1-2H3,(H,22,25)(H,23,26). The Hall–Kier alpha value is -3.67. The van der Waals surface area contributed by atoms with Crippen LogP contribution < -0.4 is 16.2 Å². The van der Waals surface area contributed by atoms with E-state index in [0.29, 0.717) is 16.9 Å². The van der Waals surface area contributed by atoms with E-state index in [1.54, 1.807) is 42.6 Å². The van der Waals surface area contributed by atoms with Gasteiger partial charge in [-0.15, -0.1) is 0 Å². The van der Waals surface area contributed by atoms with Gasteiger partial charge in [-0.25, -0.2) is 0 Å². The molecule has 0 spiro atoms. The smallest absolute Gasteiger partial charge is 0.267 e. The van der Waals surface area contributed by atoms with Crippen molar-refractivity contribution in [1.82, 2.24) is 9.88 Å². The number of carbonyl (C=O) groups is 2. The number of anilines is 1. The highest BCUT2D eigenvalue weighted by atomic mass is 16.2. The number of hydrogen-bond acceptors (Lipinski definition) is 3. The minimum Gasteiger partial charge on any atom is -0.355 e. The largest absolute Gasteiger partial charge is 0.355 e. The summed E-state index contributed by atoms with van der Waals surface area (Å²) in [5, 5.41) is 5.29. The van der Waals surface area contributed by atoms with Gasteiger partial charge in [-0.1, -0.05) is 18.2 Å². The molecular formula is C21H19N3O3. The fraction of sp³-hybridized carbons (Fsp3) is 0.0952. The zero-order valence-electron chi connectivity index (χ0n) is 15.0. The number of hydrogen-bond donors (Lipinski definition) is 2. The first-order chi connectivity index (χ1) is 13.0. The van der Waals surface area contributed by atoms with E-state index in [9.17, 15) is 14.4 Å². The molecule has 27 heavy (non-hydrogen) atoms. The van der Waals surface area contributed by atoms with E-state index < -0.39 is 11.5 Å². The Labute approximate surface area is 156 Å². The monoisotopic (exact) mass is 361 g/mol. The van der Waals surface area contributed by atoms with Gasteiger partial charge in [0.1, 0.15) is 5.56 Å². The van der Waals surface area contributed by atoms with Crippen molar-refractivity contribution in [2.45, 2.75) is 6.92 Å². The quantitative estimate of drug-likeness (QED) is 0.750. The van der Waals surface area contributed by atoms with Crippen LogP contribution in [0.4, 0.5) is 5.69 Å². The topological polar surface area (TPSA) is 80.2 Å². The third-order valence-electron chi connectivity index (χ3n) is 4.21. The average Bonchev–Trinajstić information content (AvgIpc) is 2.68. The zero-order chi connectivity index (χ0) is 19.4. The van der Waals surface area contributed by atoms with E-state index in [1.807, 2.05) is 25.1 Å². The van der Waals surface area contributed by atoms with Crippen LogP contribution >= 0.6 is 0 Å². The highest BCUT2D eigenvalue weighted by Gasteiger charge is 2.12. The molecule has 0 saturated carbocycles. The molecule has 3 rings (SSSR count). The maximum absolute atomic E-state index is 12.5. The van der Waals surface area contributed by atoms with Crippen LogP contribution in [0.15, 0.2) is 71.7 Å². The second kappa shape index (κ2) is 7.70. The van der Waals surface area contributed by atoms with Crippen LogP contribution in [0, 0.1) is 6.92 Å². The molecule has 0 bridgehead atoms. The Balaban J connectivity index is 1.84. The second-order valence-corrected chi connectivity index (χ2v) is 5.99. The van der Waals surface area contributed by atoms with Crippen LogP contribution in [-0.2, 0) is 0 Å². The molecule has 0 unspecified atom stereocenters. The summed E-state index contributed by atoms with van der Waals surface area (Å²) in [6.07, 6.45) is 1.59. The van der Waals surface area contributed by atoms with Crippen LogP contribution in [0.25, 0.3) is 5.69 Å². The van der Waals surface area contributed by atoms with Crippen molar-refractivity contribution in [1.29, 1.82) is 0 Å². The molecule has 2 amide bonds. The molecule has 1 heterocycles. The van der Waals surface area contributed by atoms with Crippen LogP contribution in [0.2, 0.25) is 0 Å². The van der Waals surface area contributed by atoms with Gasteiger partial charge >= 0.3 is 0 Å². The minimum atomic E-state index is -0.434. The summed E-state index contributed by atoms with van der Waals surface area (Å²) in [4.78, 5) is 36.7. The summed E-state index contributed by atoms with van der Waals surface area (Å²) in [5.41, 5.74) is 2.37. The van der Waals surface area contributed by atoms with E-state index in [4.69, 9.17) is 0 Å². The van der Waals surface area contributed by atoms with Gasteiger partial charge in [-0.3, -0.25) is 19.0 Å². The summed E-state index contributed by atoms with van der Waals surface area (Å²) < 4.78 is 1.39. The molecule has 0 aliphatic rings. The van der Waals surface area contributed by atoms with E-state index in [0.717, 1.165) is 5.56 Å². The van der Waals surface area contributed by atoms with Gasteiger partial charge in [-0.05, 0) is 55.0 Å². The second-order valence-electron chi connectivity index (χ2n) is 5.99. The zero-order valence-corrected chi connectivity index (χ0v) is 15.0. The van der Waals surface area contributed by atoms with Gasteiger partial charge in [0.15, 0.2) is 0 Å². The Morgan fingerprint density at radius 3 is 2.19 bits per heavy atom. The Bertz CT molecular complexity index is 1050. The minimum absolute atomic E-state index is 0.0666. The maximum atomic E-state index is 12.5. The van der Waals surface area contributed by atoms with Crippen molar-refractivity contribution in [2.75, 3.05) is 12.4 Å². The van der Waals surface area contributed by atoms with Gasteiger partial charge in [0.2, 0.25) is 0 Å². The molecule has 0 fully saturated rings. The van der Waals surface area contributed by atoms with Crippen molar-refractivity contribution in [3.05, 3.63) is 93.9 Å². The highest BCUT2D eigenvalue weighted by molar-refractivity contribution is 6.05. The number of aromatic nitrogens is 1. The van der Waals surface area contributed by atoms with Gasteiger partial charge in [-0.2, -0.15) is 0 Å². The highest BCUT2D eigenvalue weighted by Crippen LogP contribution is 2.15. The van der Waals surface area contributed by atoms with Crippen LogP contribution in [0.3, 0.4) is 0 Å².